The number of nitrogens with one attached hydrogen (secondary N) is 2. The molecule has 3 rings (SSSR count). The van der Waals surface area contributed by atoms with E-state index in [0.717, 1.165) is 33.8 Å². The van der Waals surface area contributed by atoms with E-state index in [2.05, 4.69) is 51.1 Å². The topological polar surface area (TPSA) is 99.7 Å². The Kier molecular flexibility index (Phi) is 7.46. The largest absolute Gasteiger partial charge is 0.384 e. The minimum absolute atomic E-state index is 0.103. The van der Waals surface area contributed by atoms with Gasteiger partial charge < -0.3 is 11.5 Å². The number of nitrogens with two attached hydrogens (primary N) is 2. The van der Waals surface area contributed by atoms with Crippen LogP contribution in [0.25, 0.3) is 0 Å². The maximum atomic E-state index is 7.58. The van der Waals surface area contributed by atoms with Gasteiger partial charge in [0.2, 0.25) is 0 Å². The third kappa shape index (κ3) is 6.15. The fraction of sp³-hybridized carbons (Fsp3) is 0.200. The first-order chi connectivity index (χ1) is 14.7. The van der Waals surface area contributed by atoms with Gasteiger partial charge in [-0.25, -0.2) is 0 Å². The van der Waals surface area contributed by atoms with Crippen molar-refractivity contribution in [2.24, 2.45) is 11.5 Å². The standard InChI is InChI=1S/C25H28N4S2/c1-15-8-18(13-30-22-6-4-20(24(26)27)10-16(22)2)12-19(9-15)14-31-23-7-5-21(25(28)29)11-17(23)3/h4-12H,13-14H2,1-3H3,(H3,26,27)(H3,28,29). The van der Waals surface area contributed by atoms with Gasteiger partial charge in [0.15, 0.2) is 0 Å². The molecule has 0 amide bonds. The molecule has 0 aromatic heterocycles. The number of rotatable bonds is 8. The lowest BCUT2D eigenvalue weighted by molar-refractivity contribution is 1.24. The van der Waals surface area contributed by atoms with Crippen LogP contribution in [0.4, 0.5) is 0 Å². The first kappa shape index (κ1) is 23.0. The number of amidine groups is 2. The monoisotopic (exact) mass is 448 g/mol. The molecule has 3 aromatic carbocycles. The summed E-state index contributed by atoms with van der Waals surface area (Å²) < 4.78 is 0. The number of aryl methyl sites for hydroxylation is 3. The quantitative estimate of drug-likeness (QED) is 0.200. The molecule has 160 valence electrons. The zero-order chi connectivity index (χ0) is 22.5. The second-order valence-corrected chi connectivity index (χ2v) is 9.73. The fourth-order valence-corrected chi connectivity index (χ4v) is 5.27. The van der Waals surface area contributed by atoms with Crippen molar-refractivity contribution in [2.75, 3.05) is 0 Å². The smallest absolute Gasteiger partial charge is 0.122 e. The highest BCUT2D eigenvalue weighted by Gasteiger charge is 2.07. The highest BCUT2D eigenvalue weighted by Crippen LogP contribution is 2.30. The fourth-order valence-electron chi connectivity index (χ4n) is 3.39. The predicted octanol–water partition coefficient (Wildman–Crippen LogP) is 5.76. The maximum absolute atomic E-state index is 7.58. The molecule has 0 bridgehead atoms. The molecule has 0 atom stereocenters. The van der Waals surface area contributed by atoms with Crippen molar-refractivity contribution < 1.29 is 0 Å². The van der Waals surface area contributed by atoms with Crippen molar-refractivity contribution in [1.29, 1.82) is 10.8 Å². The van der Waals surface area contributed by atoms with Gasteiger partial charge in [-0.3, -0.25) is 10.8 Å². The van der Waals surface area contributed by atoms with Crippen LogP contribution in [0, 0.1) is 31.6 Å². The lowest BCUT2D eigenvalue weighted by Crippen LogP contribution is -2.11. The van der Waals surface area contributed by atoms with E-state index in [-0.39, 0.29) is 11.7 Å². The third-order valence-corrected chi connectivity index (χ3v) is 7.45. The van der Waals surface area contributed by atoms with Crippen molar-refractivity contribution in [3.8, 4) is 0 Å². The Balaban J connectivity index is 1.68. The van der Waals surface area contributed by atoms with E-state index in [1.165, 1.54) is 26.5 Å². The average Bonchev–Trinajstić information content (AvgIpc) is 2.71. The third-order valence-electron chi connectivity index (χ3n) is 4.96. The van der Waals surface area contributed by atoms with E-state index in [4.69, 9.17) is 22.3 Å². The van der Waals surface area contributed by atoms with Gasteiger partial charge >= 0.3 is 0 Å². The van der Waals surface area contributed by atoms with Crippen molar-refractivity contribution in [2.45, 2.75) is 42.1 Å². The summed E-state index contributed by atoms with van der Waals surface area (Å²) in [7, 11) is 0. The van der Waals surface area contributed by atoms with E-state index < -0.39 is 0 Å². The van der Waals surface area contributed by atoms with Crippen LogP contribution in [0.15, 0.2) is 64.4 Å². The first-order valence-corrected chi connectivity index (χ1v) is 11.9. The molecule has 0 radical (unpaired) electrons. The zero-order valence-corrected chi connectivity index (χ0v) is 19.7. The van der Waals surface area contributed by atoms with Crippen molar-refractivity contribution >= 4 is 35.2 Å². The summed E-state index contributed by atoms with van der Waals surface area (Å²) in [5.74, 6) is 2.00. The molecule has 0 unspecified atom stereocenters. The molecule has 0 saturated heterocycles. The van der Waals surface area contributed by atoms with E-state index in [0.29, 0.717) is 0 Å². The Labute approximate surface area is 192 Å². The summed E-state index contributed by atoms with van der Waals surface area (Å²) in [4.78, 5) is 2.42. The molecule has 31 heavy (non-hydrogen) atoms. The molecule has 0 heterocycles. The molecule has 0 fully saturated rings. The van der Waals surface area contributed by atoms with Crippen LogP contribution in [0.1, 0.15) is 38.9 Å². The Bertz CT molecular complexity index is 1050. The summed E-state index contributed by atoms with van der Waals surface area (Å²) in [5, 5.41) is 15.2. The maximum Gasteiger partial charge on any atom is 0.122 e. The van der Waals surface area contributed by atoms with Crippen molar-refractivity contribution in [1.82, 2.24) is 0 Å². The normalized spacial score (nSPS) is 10.8. The number of benzene rings is 3. The molecule has 3 aromatic rings. The average molecular weight is 449 g/mol. The van der Waals surface area contributed by atoms with Crippen LogP contribution < -0.4 is 11.5 Å². The molecule has 0 aliphatic heterocycles. The van der Waals surface area contributed by atoms with Crippen LogP contribution in [0.5, 0.6) is 0 Å². The molecule has 0 spiro atoms. The Morgan fingerprint density at radius 3 is 1.45 bits per heavy atom. The Hall–Kier alpha value is -2.70. The summed E-state index contributed by atoms with van der Waals surface area (Å²) in [6, 6.07) is 18.6. The molecule has 0 aliphatic carbocycles. The second kappa shape index (κ2) is 10.1. The Morgan fingerprint density at radius 1 is 0.677 bits per heavy atom. The summed E-state index contributed by atoms with van der Waals surface area (Å²) in [6.07, 6.45) is 0. The number of thioether (sulfide) groups is 2. The van der Waals surface area contributed by atoms with Gasteiger partial charge in [-0.2, -0.15) is 0 Å². The van der Waals surface area contributed by atoms with Gasteiger partial charge in [0, 0.05) is 32.4 Å². The summed E-state index contributed by atoms with van der Waals surface area (Å²) >= 11 is 3.62. The number of hydrogen-bond acceptors (Lipinski definition) is 4. The van der Waals surface area contributed by atoms with Crippen LogP contribution in [-0.2, 0) is 11.5 Å². The minimum atomic E-state index is 0.103. The molecule has 6 heteroatoms. The molecule has 6 N–H and O–H groups in total. The SMILES string of the molecule is Cc1cc(CSc2ccc(C(=N)N)cc2C)cc(CSc2ccc(C(=N)N)cc2C)c1. The van der Waals surface area contributed by atoms with Gasteiger partial charge in [0.05, 0.1) is 0 Å². The lowest BCUT2D eigenvalue weighted by Gasteiger charge is -2.11. The molecular weight excluding hydrogens is 420 g/mol. The first-order valence-electron chi connectivity index (χ1n) is 9.98. The molecule has 4 nitrogen and oxygen atoms in total. The van der Waals surface area contributed by atoms with Gasteiger partial charge in [0.1, 0.15) is 11.7 Å². The second-order valence-electron chi connectivity index (χ2n) is 7.69. The van der Waals surface area contributed by atoms with Crippen LogP contribution in [-0.4, -0.2) is 11.7 Å². The van der Waals surface area contributed by atoms with Crippen molar-refractivity contribution in [3.05, 3.63) is 93.5 Å². The van der Waals surface area contributed by atoms with Gasteiger partial charge in [0.25, 0.3) is 0 Å². The highest BCUT2D eigenvalue weighted by molar-refractivity contribution is 7.98. The van der Waals surface area contributed by atoms with Gasteiger partial charge in [-0.05, 0) is 67.3 Å². The minimum Gasteiger partial charge on any atom is -0.384 e. The van der Waals surface area contributed by atoms with Crippen LogP contribution >= 0.6 is 23.5 Å². The van der Waals surface area contributed by atoms with Crippen molar-refractivity contribution in [3.63, 3.8) is 0 Å². The van der Waals surface area contributed by atoms with E-state index >= 15 is 0 Å². The molecular formula is C25H28N4S2. The van der Waals surface area contributed by atoms with Crippen LogP contribution in [0.2, 0.25) is 0 Å². The van der Waals surface area contributed by atoms with Crippen LogP contribution in [0.3, 0.4) is 0 Å². The summed E-state index contributed by atoms with van der Waals surface area (Å²) in [5.41, 5.74) is 18.9. The molecule has 0 aliphatic rings. The lowest BCUT2D eigenvalue weighted by atomic mass is 10.1. The molecule has 0 saturated carbocycles. The highest BCUT2D eigenvalue weighted by atomic mass is 32.2. The van der Waals surface area contributed by atoms with Gasteiger partial charge in [-0.15, -0.1) is 23.5 Å². The van der Waals surface area contributed by atoms with E-state index in [1.54, 1.807) is 0 Å². The zero-order valence-electron chi connectivity index (χ0n) is 18.1. The van der Waals surface area contributed by atoms with Gasteiger partial charge in [-0.1, -0.05) is 35.9 Å². The number of hydrogen-bond donors (Lipinski definition) is 4. The predicted molar refractivity (Wildman–Crippen MR) is 135 cm³/mol. The Morgan fingerprint density at radius 2 is 1.10 bits per heavy atom. The number of nitrogen functional groups attached to an aromatic ring is 2. The summed E-state index contributed by atoms with van der Waals surface area (Å²) in [6.45, 7) is 6.27. The van der Waals surface area contributed by atoms with E-state index in [1.807, 2.05) is 47.8 Å². The van der Waals surface area contributed by atoms with E-state index in [9.17, 15) is 0 Å².